The maximum atomic E-state index is 10.4. The van der Waals surface area contributed by atoms with Gasteiger partial charge in [-0.1, -0.05) is 27.2 Å². The smallest absolute Gasteiger partial charge is 0.155 e. The van der Waals surface area contributed by atoms with E-state index in [0.29, 0.717) is 28.8 Å². The van der Waals surface area contributed by atoms with Crippen LogP contribution in [-0.4, -0.2) is 6.61 Å². The summed E-state index contributed by atoms with van der Waals surface area (Å²) in [6.45, 7) is 8.26. The minimum atomic E-state index is 0.522. The van der Waals surface area contributed by atoms with Crippen LogP contribution in [0, 0.1) is 44.8 Å². The van der Waals surface area contributed by atoms with Crippen LogP contribution in [0.25, 0.3) is 0 Å². The minimum Gasteiger partial charge on any atom is -0.364 e. The van der Waals surface area contributed by atoms with Gasteiger partial charge in [-0.3, -0.25) is 0 Å². The molecule has 3 nitrogen and oxygen atoms in total. The number of nitrogens with zero attached hydrogens (tertiary/aromatic N) is 1. The van der Waals surface area contributed by atoms with Crippen LogP contribution in [-0.2, 0) is 4.84 Å². The zero-order valence-corrected chi connectivity index (χ0v) is 15.1. The molecule has 0 amide bonds. The van der Waals surface area contributed by atoms with Crippen molar-refractivity contribution in [3.8, 4) is 0 Å². The lowest BCUT2D eigenvalue weighted by Gasteiger charge is -2.64. The molecule has 3 heteroatoms. The normalized spacial score (nSPS) is 50.7. The van der Waals surface area contributed by atoms with Gasteiger partial charge in [-0.2, -0.15) is 0 Å². The van der Waals surface area contributed by atoms with E-state index in [1.807, 2.05) is 0 Å². The standard InChI is InChI=1S/C20H33NO2/c1-18(2)8-4-9-19(3)16(18)7-10-20-11-14(5-6-17(19)20)15(12-20)13-23-21-22/h14-17H,4-13H2,1-3H3/t14-,15+,16+,17-,19+,20+/m0/s1. The summed E-state index contributed by atoms with van der Waals surface area (Å²) in [5, 5.41) is 2.66. The Bertz CT molecular complexity index is 490. The van der Waals surface area contributed by atoms with Crippen LogP contribution in [0.2, 0.25) is 0 Å². The highest BCUT2D eigenvalue weighted by Gasteiger charge is 2.63. The van der Waals surface area contributed by atoms with Crippen LogP contribution >= 0.6 is 0 Å². The van der Waals surface area contributed by atoms with Gasteiger partial charge >= 0.3 is 0 Å². The summed E-state index contributed by atoms with van der Waals surface area (Å²) in [7, 11) is 0. The summed E-state index contributed by atoms with van der Waals surface area (Å²) in [6.07, 6.45) is 12.6. The molecule has 1 spiro atoms. The van der Waals surface area contributed by atoms with Crippen molar-refractivity contribution in [1.82, 2.24) is 0 Å². The van der Waals surface area contributed by atoms with Gasteiger partial charge in [0.05, 0.1) is 0 Å². The molecule has 0 aromatic heterocycles. The van der Waals surface area contributed by atoms with Crippen LogP contribution in [0.3, 0.4) is 0 Å². The molecule has 0 aliphatic heterocycles. The Morgan fingerprint density at radius 1 is 1.00 bits per heavy atom. The number of rotatable bonds is 3. The van der Waals surface area contributed by atoms with Gasteiger partial charge in [0.1, 0.15) is 6.61 Å². The van der Waals surface area contributed by atoms with Crippen LogP contribution in [0.1, 0.15) is 78.6 Å². The van der Waals surface area contributed by atoms with Gasteiger partial charge in [-0.25, -0.2) is 0 Å². The topological polar surface area (TPSA) is 38.7 Å². The molecule has 23 heavy (non-hydrogen) atoms. The van der Waals surface area contributed by atoms with E-state index in [-0.39, 0.29) is 0 Å². The molecule has 0 saturated heterocycles. The van der Waals surface area contributed by atoms with Gasteiger partial charge in [0.2, 0.25) is 0 Å². The Kier molecular flexibility index (Phi) is 3.59. The maximum Gasteiger partial charge on any atom is 0.155 e. The Morgan fingerprint density at radius 3 is 2.61 bits per heavy atom. The van der Waals surface area contributed by atoms with E-state index >= 15 is 0 Å². The summed E-state index contributed by atoms with van der Waals surface area (Å²) < 4.78 is 0. The molecule has 0 N–H and O–H groups in total. The third-order valence-electron chi connectivity index (χ3n) is 8.91. The van der Waals surface area contributed by atoms with E-state index < -0.39 is 0 Å². The van der Waals surface area contributed by atoms with Crippen molar-refractivity contribution in [2.24, 2.45) is 45.3 Å². The highest BCUT2D eigenvalue weighted by atomic mass is 16.7. The molecule has 4 saturated carbocycles. The monoisotopic (exact) mass is 319 g/mol. The Balaban J connectivity index is 1.62. The predicted molar refractivity (Wildman–Crippen MR) is 91.6 cm³/mol. The van der Waals surface area contributed by atoms with E-state index in [0.717, 1.165) is 17.8 Å². The van der Waals surface area contributed by atoms with Gasteiger partial charge in [0.25, 0.3) is 0 Å². The zero-order valence-electron chi connectivity index (χ0n) is 15.1. The SMILES string of the molecule is CC1(C)CCC[C@]2(C)[C@@H]1CC[C@]13C[C@H](CC[C@H]12)[C@@H](CON=O)C3. The third kappa shape index (κ3) is 2.21. The van der Waals surface area contributed by atoms with E-state index in [4.69, 9.17) is 4.84 Å². The maximum absolute atomic E-state index is 10.4. The second-order valence-electron chi connectivity index (χ2n) is 10.2. The second kappa shape index (κ2) is 5.20. The van der Waals surface area contributed by atoms with Crippen molar-refractivity contribution in [2.75, 3.05) is 6.61 Å². The van der Waals surface area contributed by atoms with Crippen molar-refractivity contribution in [1.29, 1.82) is 0 Å². The molecule has 0 aromatic carbocycles. The molecule has 4 rings (SSSR count). The van der Waals surface area contributed by atoms with Gasteiger partial charge in [-0.05, 0) is 91.3 Å². The fourth-order valence-corrected chi connectivity index (χ4v) is 8.23. The highest BCUT2D eigenvalue weighted by Crippen LogP contribution is 2.72. The molecule has 6 atom stereocenters. The van der Waals surface area contributed by atoms with Crippen molar-refractivity contribution in [3.63, 3.8) is 0 Å². The molecule has 130 valence electrons. The summed E-state index contributed by atoms with van der Waals surface area (Å²) >= 11 is 0. The molecule has 2 bridgehead atoms. The van der Waals surface area contributed by atoms with E-state index in [9.17, 15) is 4.91 Å². The molecule has 4 aliphatic carbocycles. The average molecular weight is 319 g/mol. The second-order valence-corrected chi connectivity index (χ2v) is 10.2. The fourth-order valence-electron chi connectivity index (χ4n) is 8.23. The number of hydrogen-bond donors (Lipinski definition) is 0. The first-order valence-electron chi connectivity index (χ1n) is 9.86. The quantitative estimate of drug-likeness (QED) is 0.492. The summed E-state index contributed by atoms with van der Waals surface area (Å²) in [5.74, 6) is 3.17. The Morgan fingerprint density at radius 2 is 1.83 bits per heavy atom. The summed E-state index contributed by atoms with van der Waals surface area (Å²) in [6, 6.07) is 0. The van der Waals surface area contributed by atoms with Gasteiger partial charge in [0.15, 0.2) is 5.34 Å². The van der Waals surface area contributed by atoms with Crippen LogP contribution in [0.5, 0.6) is 0 Å². The first-order valence-corrected chi connectivity index (χ1v) is 9.86. The van der Waals surface area contributed by atoms with Gasteiger partial charge < -0.3 is 4.84 Å². The summed E-state index contributed by atoms with van der Waals surface area (Å²) in [4.78, 5) is 15.3. The predicted octanol–water partition coefficient (Wildman–Crippen LogP) is 5.73. The third-order valence-corrected chi connectivity index (χ3v) is 8.91. The zero-order chi connectivity index (χ0) is 16.3. The molecular weight excluding hydrogens is 286 g/mol. The van der Waals surface area contributed by atoms with E-state index in [1.165, 1.54) is 57.8 Å². The van der Waals surface area contributed by atoms with Crippen molar-refractivity contribution in [3.05, 3.63) is 4.91 Å². The van der Waals surface area contributed by atoms with Crippen molar-refractivity contribution >= 4 is 0 Å². The Labute approximate surface area is 140 Å². The lowest BCUT2D eigenvalue weighted by Crippen LogP contribution is -2.55. The fraction of sp³-hybridized carbons (Fsp3) is 1.00. The minimum absolute atomic E-state index is 0.522. The van der Waals surface area contributed by atoms with Crippen LogP contribution in [0.15, 0.2) is 5.34 Å². The molecule has 0 unspecified atom stereocenters. The number of hydrogen-bond acceptors (Lipinski definition) is 3. The average Bonchev–Trinajstić information content (AvgIpc) is 2.74. The lowest BCUT2D eigenvalue weighted by atomic mass is 9.41. The molecule has 0 radical (unpaired) electrons. The largest absolute Gasteiger partial charge is 0.364 e. The van der Waals surface area contributed by atoms with Crippen LogP contribution in [0.4, 0.5) is 0 Å². The molecule has 4 fully saturated rings. The first-order chi connectivity index (χ1) is 10.9. The number of fused-ring (bicyclic) bond motifs is 3. The van der Waals surface area contributed by atoms with E-state index in [2.05, 4.69) is 26.1 Å². The summed E-state index contributed by atoms with van der Waals surface area (Å²) in [5.41, 5.74) is 1.62. The van der Waals surface area contributed by atoms with E-state index in [1.54, 1.807) is 0 Å². The van der Waals surface area contributed by atoms with Gasteiger partial charge in [0, 0.05) is 0 Å². The Hall–Kier alpha value is -0.600. The first kappa shape index (κ1) is 15.9. The van der Waals surface area contributed by atoms with Crippen LogP contribution < -0.4 is 0 Å². The highest BCUT2D eigenvalue weighted by molar-refractivity contribution is 5.13. The van der Waals surface area contributed by atoms with Crippen molar-refractivity contribution < 1.29 is 4.84 Å². The lowest BCUT2D eigenvalue weighted by molar-refractivity contribution is -0.144. The van der Waals surface area contributed by atoms with Gasteiger partial charge in [-0.15, -0.1) is 4.91 Å². The molecular formula is C20H33NO2. The molecule has 0 heterocycles. The molecule has 4 aliphatic rings. The molecule has 0 aromatic rings. The van der Waals surface area contributed by atoms with Crippen molar-refractivity contribution in [2.45, 2.75) is 78.6 Å².